The van der Waals surface area contributed by atoms with Crippen molar-refractivity contribution >= 4 is 27.5 Å². The topological polar surface area (TPSA) is 55.4 Å². The number of hydrogen-bond donors (Lipinski definition) is 1. The summed E-state index contributed by atoms with van der Waals surface area (Å²) in [5.41, 5.74) is -5.97. The third kappa shape index (κ3) is 6.37. The second kappa shape index (κ2) is 8.84. The fourth-order valence-corrected chi connectivity index (χ4v) is 4.90. The quantitative estimate of drug-likeness (QED) is 0.397. The summed E-state index contributed by atoms with van der Waals surface area (Å²) < 4.78 is 151. The maximum atomic E-state index is 13.2. The molecule has 1 aliphatic rings. The Bertz CT molecular complexity index is 1210. The monoisotopic (exact) mass is 551 g/mol. The Morgan fingerprint density at radius 3 is 1.86 bits per heavy atom. The average Bonchev–Trinajstić information content (AvgIpc) is 3.12. The molecular weight excluding hydrogens is 537 g/mol. The first-order chi connectivity index (χ1) is 15.8. The summed E-state index contributed by atoms with van der Waals surface area (Å²) in [6, 6.07) is 1.35. The van der Waals surface area contributed by atoms with Crippen LogP contribution < -0.4 is 9.46 Å². The van der Waals surface area contributed by atoms with E-state index in [1.807, 2.05) is 0 Å². The number of halogens is 9. The lowest BCUT2D eigenvalue weighted by Gasteiger charge is -2.26. The molecule has 0 saturated carbocycles. The van der Waals surface area contributed by atoms with Gasteiger partial charge in [0.1, 0.15) is 5.75 Å². The number of thioether (sulfide) groups is 1. The van der Waals surface area contributed by atoms with Gasteiger partial charge < -0.3 is 4.74 Å². The Morgan fingerprint density at radius 1 is 0.857 bits per heavy atom. The normalized spacial score (nSPS) is 19.1. The van der Waals surface area contributed by atoms with Crippen molar-refractivity contribution in [2.45, 2.75) is 41.7 Å². The molecule has 192 valence electrons. The van der Waals surface area contributed by atoms with Crippen LogP contribution in [0.2, 0.25) is 0 Å². The molecule has 1 N–H and O–H groups in total. The molecule has 1 atom stereocenters. The molecule has 0 saturated heterocycles. The van der Waals surface area contributed by atoms with Crippen molar-refractivity contribution < 1.29 is 52.7 Å². The number of ether oxygens (including phenoxy) is 1. The van der Waals surface area contributed by atoms with E-state index in [0.29, 0.717) is 12.1 Å². The lowest BCUT2D eigenvalue weighted by molar-refractivity contribution is -0.143. The molecule has 2 aromatic rings. The Morgan fingerprint density at radius 2 is 1.40 bits per heavy atom. The molecule has 2 aromatic carbocycles. The first-order valence-corrected chi connectivity index (χ1v) is 11.7. The van der Waals surface area contributed by atoms with Gasteiger partial charge in [0.2, 0.25) is 0 Å². The van der Waals surface area contributed by atoms with Gasteiger partial charge in [0, 0.05) is 6.42 Å². The molecule has 0 spiro atoms. The minimum Gasteiger partial charge on any atom is -0.474 e. The summed E-state index contributed by atoms with van der Waals surface area (Å²) in [5, 5.41) is 1.63. The first kappa shape index (κ1) is 27.0. The van der Waals surface area contributed by atoms with Crippen LogP contribution in [0.3, 0.4) is 0 Å². The summed E-state index contributed by atoms with van der Waals surface area (Å²) in [7, 11) is -5.24. The van der Waals surface area contributed by atoms with Gasteiger partial charge in [-0.05, 0) is 48.7 Å². The zero-order valence-electron chi connectivity index (χ0n) is 17.3. The fourth-order valence-electron chi connectivity index (χ4n) is 2.96. The number of nitrogens with one attached hydrogen (secondary N) is 1. The Balaban J connectivity index is 2.11. The van der Waals surface area contributed by atoms with Crippen molar-refractivity contribution in [3.8, 4) is 5.75 Å². The van der Waals surface area contributed by atoms with Gasteiger partial charge in [-0.1, -0.05) is 17.8 Å². The molecule has 0 radical (unpaired) electrons. The van der Waals surface area contributed by atoms with E-state index in [0.717, 1.165) is 17.8 Å². The van der Waals surface area contributed by atoms with Gasteiger partial charge in [0.05, 0.1) is 27.3 Å². The van der Waals surface area contributed by atoms with Gasteiger partial charge in [-0.15, -0.1) is 0 Å². The van der Waals surface area contributed by atoms with Crippen LogP contribution in [0, 0.1) is 0 Å². The molecule has 1 heterocycles. The highest BCUT2D eigenvalue weighted by Crippen LogP contribution is 2.43. The molecule has 0 aliphatic carbocycles. The van der Waals surface area contributed by atoms with Crippen molar-refractivity contribution in [3.63, 3.8) is 0 Å². The second-order valence-corrected chi connectivity index (χ2v) is 10.5. The number of alkyl halides is 9. The minimum absolute atomic E-state index is 0.0518. The molecule has 0 bridgehead atoms. The molecule has 1 unspecified atom stereocenters. The van der Waals surface area contributed by atoms with E-state index in [1.165, 1.54) is 0 Å². The Hall–Kier alpha value is -2.55. The lowest BCUT2D eigenvalue weighted by atomic mass is 10.1. The molecule has 3 rings (SSSR count). The Kier molecular flexibility index (Phi) is 6.83. The summed E-state index contributed by atoms with van der Waals surface area (Å²) >= 11 is 1.13. The van der Waals surface area contributed by atoms with Crippen LogP contribution in [0.1, 0.15) is 30.0 Å². The van der Waals surface area contributed by atoms with Crippen LogP contribution >= 0.6 is 11.8 Å². The predicted octanol–water partition coefficient (Wildman–Crippen LogP) is 7.29. The van der Waals surface area contributed by atoms with Crippen molar-refractivity contribution in [2.24, 2.45) is 0 Å². The predicted molar refractivity (Wildman–Crippen MR) is 109 cm³/mol. The maximum Gasteiger partial charge on any atom is 0.416 e. The number of rotatable bonds is 5. The van der Waals surface area contributed by atoms with E-state index in [9.17, 15) is 47.9 Å². The summed E-state index contributed by atoms with van der Waals surface area (Å²) in [4.78, 5) is -2.49. The first-order valence-electron chi connectivity index (χ1n) is 9.36. The van der Waals surface area contributed by atoms with Crippen LogP contribution in [-0.2, 0) is 28.6 Å². The van der Waals surface area contributed by atoms with Gasteiger partial charge in [-0.2, -0.15) is 39.5 Å². The largest absolute Gasteiger partial charge is 0.474 e. The molecule has 35 heavy (non-hydrogen) atoms. The van der Waals surface area contributed by atoms with Gasteiger partial charge in [0.15, 0.2) is 4.93 Å². The number of hydrogen-bond acceptors (Lipinski definition) is 4. The summed E-state index contributed by atoms with van der Waals surface area (Å²) in [5.74, 6) is -0.414. The minimum atomic E-state index is -5.34. The van der Waals surface area contributed by atoms with Crippen molar-refractivity contribution in [2.75, 3.05) is 4.72 Å². The van der Waals surface area contributed by atoms with Crippen LogP contribution in [0.25, 0.3) is 0 Å². The zero-order valence-corrected chi connectivity index (χ0v) is 18.9. The molecular formula is C20H14F9NO3S2. The summed E-state index contributed by atoms with van der Waals surface area (Å²) in [6.07, 6.45) is -13.6. The second-order valence-electron chi connectivity index (χ2n) is 7.49. The molecule has 0 fully saturated rings. The van der Waals surface area contributed by atoms with Crippen LogP contribution in [0.4, 0.5) is 45.2 Å². The smallest absolute Gasteiger partial charge is 0.416 e. The van der Waals surface area contributed by atoms with E-state index < -0.39 is 66.5 Å². The molecule has 15 heteroatoms. The number of benzene rings is 2. The highest BCUT2D eigenvalue weighted by atomic mass is 32.2. The van der Waals surface area contributed by atoms with Crippen LogP contribution in [0.5, 0.6) is 5.75 Å². The zero-order chi connectivity index (χ0) is 26.4. The van der Waals surface area contributed by atoms with E-state index in [4.69, 9.17) is 4.74 Å². The average molecular weight is 551 g/mol. The highest BCUT2D eigenvalue weighted by molar-refractivity contribution is 8.03. The molecule has 1 aliphatic heterocycles. The maximum absolute atomic E-state index is 13.2. The lowest BCUT2D eigenvalue weighted by Crippen LogP contribution is -2.26. The summed E-state index contributed by atoms with van der Waals surface area (Å²) in [6.45, 7) is 1.55. The van der Waals surface area contributed by atoms with Gasteiger partial charge in [-0.25, -0.2) is 8.42 Å². The Labute approximate surface area is 197 Å². The van der Waals surface area contributed by atoms with E-state index in [-0.39, 0.29) is 24.6 Å². The third-order valence-electron chi connectivity index (χ3n) is 4.65. The molecule has 4 nitrogen and oxygen atoms in total. The van der Waals surface area contributed by atoms with Gasteiger partial charge >= 0.3 is 18.5 Å². The highest BCUT2D eigenvalue weighted by Gasteiger charge is 2.39. The van der Waals surface area contributed by atoms with Crippen molar-refractivity contribution in [1.82, 2.24) is 0 Å². The van der Waals surface area contributed by atoms with Crippen LogP contribution in [0.15, 0.2) is 52.8 Å². The van der Waals surface area contributed by atoms with Gasteiger partial charge in [-0.3, -0.25) is 4.72 Å². The third-order valence-corrected chi connectivity index (χ3v) is 7.07. The fraction of sp³-hybridized carbons (Fsp3) is 0.300. The van der Waals surface area contributed by atoms with E-state index in [1.54, 1.807) is 23.1 Å². The molecule has 0 amide bonds. The van der Waals surface area contributed by atoms with Crippen LogP contribution in [-0.4, -0.2) is 13.4 Å². The van der Waals surface area contributed by atoms with Crippen molar-refractivity contribution in [3.05, 3.63) is 64.6 Å². The van der Waals surface area contributed by atoms with Gasteiger partial charge in [0.25, 0.3) is 10.0 Å². The SMILES string of the molecule is CC1(Oc2ccc(C(F)(F)F)cc2NS(=O)(=O)c2cc(C(F)(F)F)cc(C(F)(F)F)c2)CC=CS1. The molecule has 0 aromatic heterocycles. The standard InChI is InChI=1S/C20H14F9NO3S2/c1-17(5-2-6-34-17)33-16-4-3-11(18(21,22)23)10-15(16)30-35(31,32)14-8-12(19(24,25)26)7-13(9-14)20(27,28)29/h2-4,6-10,30H,5H2,1H3. The van der Waals surface area contributed by atoms with E-state index >= 15 is 0 Å². The van der Waals surface area contributed by atoms with E-state index in [2.05, 4.69) is 0 Å². The van der Waals surface area contributed by atoms with Crippen molar-refractivity contribution in [1.29, 1.82) is 0 Å². The number of anilines is 1. The number of sulfonamides is 1.